The molecule has 0 spiro atoms. The minimum Gasteiger partial charge on any atom is -0.459 e. The molecule has 0 amide bonds. The van der Waals surface area contributed by atoms with Crippen LogP contribution in [-0.4, -0.2) is 12.0 Å². The lowest BCUT2D eigenvalue weighted by molar-refractivity contribution is -0.384. The number of hydrogen-bond acceptors (Lipinski definition) is 5. The first kappa shape index (κ1) is 18.3. The second-order valence-corrected chi connectivity index (χ2v) is 7.23. The van der Waals surface area contributed by atoms with Gasteiger partial charge in [0.1, 0.15) is 5.76 Å². The van der Waals surface area contributed by atoms with Crippen molar-refractivity contribution in [1.29, 1.82) is 0 Å². The number of nitro groups is 1. The zero-order valence-electron chi connectivity index (χ0n) is 15.1. The van der Waals surface area contributed by atoms with Crippen molar-refractivity contribution < 1.29 is 14.4 Å². The summed E-state index contributed by atoms with van der Waals surface area (Å²) in [6.07, 6.45) is -0.493. The van der Waals surface area contributed by atoms with E-state index in [1.165, 1.54) is 23.9 Å². The van der Waals surface area contributed by atoms with Gasteiger partial charge in [0.15, 0.2) is 0 Å². The molecule has 3 aromatic carbocycles. The molecule has 1 heterocycles. The number of benzene rings is 3. The summed E-state index contributed by atoms with van der Waals surface area (Å²) in [5.74, 6) is 0.731. The van der Waals surface area contributed by atoms with Crippen LogP contribution in [0.15, 0.2) is 83.8 Å². The van der Waals surface area contributed by atoms with Crippen molar-refractivity contribution in [2.75, 3.05) is 7.11 Å². The number of rotatable bonds is 5. The third kappa shape index (κ3) is 3.52. The van der Waals surface area contributed by atoms with Gasteiger partial charge in [-0.05, 0) is 12.1 Å². The van der Waals surface area contributed by atoms with Gasteiger partial charge >= 0.3 is 0 Å². The maximum atomic E-state index is 10.9. The van der Waals surface area contributed by atoms with Gasteiger partial charge in [-0.15, -0.1) is 0 Å². The molecule has 0 saturated heterocycles. The van der Waals surface area contributed by atoms with Crippen molar-refractivity contribution in [3.63, 3.8) is 0 Å². The molecule has 4 rings (SSSR count). The molecule has 28 heavy (non-hydrogen) atoms. The summed E-state index contributed by atoms with van der Waals surface area (Å²) in [6.45, 7) is 0. The largest absolute Gasteiger partial charge is 0.459 e. The monoisotopic (exact) mass is 391 g/mol. The third-order valence-corrected chi connectivity index (χ3v) is 5.53. The SMILES string of the molecule is COC1OC(c2ccccc2)=C(Sc2ccc([N+](=O)[O-])cc2)c2ccccc21. The Bertz CT molecular complexity index is 1030. The molecule has 0 fully saturated rings. The number of ether oxygens (including phenoxy) is 2. The van der Waals surface area contributed by atoms with Gasteiger partial charge in [-0.1, -0.05) is 66.4 Å². The van der Waals surface area contributed by atoms with Crippen LogP contribution in [0.5, 0.6) is 0 Å². The van der Waals surface area contributed by atoms with Gasteiger partial charge in [0.25, 0.3) is 5.69 Å². The maximum absolute atomic E-state index is 10.9. The van der Waals surface area contributed by atoms with Crippen LogP contribution in [0.1, 0.15) is 23.0 Å². The number of nitro benzene ring substituents is 1. The van der Waals surface area contributed by atoms with Gasteiger partial charge in [0.05, 0.1) is 9.83 Å². The van der Waals surface area contributed by atoms with Gasteiger partial charge < -0.3 is 9.47 Å². The molecule has 0 aromatic heterocycles. The fourth-order valence-electron chi connectivity index (χ4n) is 3.07. The van der Waals surface area contributed by atoms with Crippen LogP contribution in [0.3, 0.4) is 0 Å². The summed E-state index contributed by atoms with van der Waals surface area (Å²) in [4.78, 5) is 12.4. The summed E-state index contributed by atoms with van der Waals surface area (Å²) in [5, 5.41) is 10.9. The molecular weight excluding hydrogens is 374 g/mol. The number of thioether (sulfide) groups is 1. The van der Waals surface area contributed by atoms with Gasteiger partial charge in [-0.3, -0.25) is 10.1 Å². The Balaban J connectivity index is 1.83. The molecule has 1 atom stereocenters. The zero-order valence-corrected chi connectivity index (χ0v) is 15.9. The van der Waals surface area contributed by atoms with Crippen LogP contribution in [0.4, 0.5) is 5.69 Å². The minimum atomic E-state index is -0.493. The summed E-state index contributed by atoms with van der Waals surface area (Å²) in [7, 11) is 1.62. The average Bonchev–Trinajstić information content (AvgIpc) is 2.75. The van der Waals surface area contributed by atoms with Crippen molar-refractivity contribution in [2.45, 2.75) is 11.2 Å². The molecular formula is C22H17NO4S. The molecule has 0 radical (unpaired) electrons. The lowest BCUT2D eigenvalue weighted by Crippen LogP contribution is -2.14. The second kappa shape index (κ2) is 7.88. The van der Waals surface area contributed by atoms with Crippen molar-refractivity contribution in [3.8, 4) is 0 Å². The summed E-state index contributed by atoms with van der Waals surface area (Å²) < 4.78 is 11.8. The van der Waals surface area contributed by atoms with Crippen LogP contribution in [-0.2, 0) is 9.47 Å². The van der Waals surface area contributed by atoms with Gasteiger partial charge in [-0.25, -0.2) is 0 Å². The predicted molar refractivity (Wildman–Crippen MR) is 109 cm³/mol. The van der Waals surface area contributed by atoms with E-state index in [1.54, 1.807) is 19.2 Å². The first-order chi connectivity index (χ1) is 13.7. The number of fused-ring (bicyclic) bond motifs is 1. The molecule has 0 saturated carbocycles. The molecule has 1 aliphatic heterocycles. The quantitative estimate of drug-likeness (QED) is 0.401. The van der Waals surface area contributed by atoms with Crippen LogP contribution in [0.2, 0.25) is 0 Å². The van der Waals surface area contributed by atoms with Gasteiger partial charge in [0, 0.05) is 40.8 Å². The van der Waals surface area contributed by atoms with Gasteiger partial charge in [-0.2, -0.15) is 0 Å². The van der Waals surface area contributed by atoms with E-state index in [1.807, 2.05) is 54.6 Å². The van der Waals surface area contributed by atoms with Gasteiger partial charge in [0.2, 0.25) is 6.29 Å². The van der Waals surface area contributed by atoms with E-state index in [2.05, 4.69) is 0 Å². The lowest BCUT2D eigenvalue weighted by Gasteiger charge is -2.29. The Morgan fingerprint density at radius 1 is 0.964 bits per heavy atom. The summed E-state index contributed by atoms with van der Waals surface area (Å²) in [5.41, 5.74) is 3.00. The van der Waals surface area contributed by atoms with Crippen LogP contribution >= 0.6 is 11.8 Å². The fraction of sp³-hybridized carbons (Fsp3) is 0.0909. The van der Waals surface area contributed by atoms with Crippen LogP contribution < -0.4 is 0 Å². The highest BCUT2D eigenvalue weighted by Gasteiger charge is 2.29. The van der Waals surface area contributed by atoms with Crippen LogP contribution in [0.25, 0.3) is 10.7 Å². The molecule has 5 nitrogen and oxygen atoms in total. The first-order valence-corrected chi connectivity index (χ1v) is 9.50. The van der Waals surface area contributed by atoms with E-state index in [0.717, 1.165) is 32.3 Å². The Labute approximate surface area is 166 Å². The van der Waals surface area contributed by atoms with E-state index in [-0.39, 0.29) is 5.69 Å². The number of methoxy groups -OCH3 is 1. The second-order valence-electron chi connectivity index (χ2n) is 6.15. The number of nitrogens with zero attached hydrogens (tertiary/aromatic N) is 1. The van der Waals surface area contributed by atoms with E-state index in [4.69, 9.17) is 9.47 Å². The third-order valence-electron chi connectivity index (χ3n) is 4.41. The molecule has 0 N–H and O–H groups in total. The number of non-ortho nitro benzene ring substituents is 1. The molecule has 1 unspecified atom stereocenters. The minimum absolute atomic E-state index is 0.0707. The summed E-state index contributed by atoms with van der Waals surface area (Å²) in [6, 6.07) is 24.4. The normalized spacial score (nSPS) is 15.7. The van der Waals surface area contributed by atoms with E-state index in [9.17, 15) is 10.1 Å². The zero-order chi connectivity index (χ0) is 19.5. The highest BCUT2D eigenvalue weighted by atomic mass is 32.2. The first-order valence-electron chi connectivity index (χ1n) is 8.68. The van der Waals surface area contributed by atoms with E-state index < -0.39 is 11.2 Å². The topological polar surface area (TPSA) is 61.6 Å². The average molecular weight is 391 g/mol. The molecule has 6 heteroatoms. The highest BCUT2D eigenvalue weighted by Crippen LogP contribution is 2.48. The Kier molecular flexibility index (Phi) is 5.14. The lowest BCUT2D eigenvalue weighted by atomic mass is 10.0. The van der Waals surface area contributed by atoms with Crippen molar-refractivity contribution >= 4 is 28.1 Å². The molecule has 0 aliphatic carbocycles. The summed E-state index contributed by atoms with van der Waals surface area (Å²) >= 11 is 1.52. The molecule has 140 valence electrons. The van der Waals surface area contributed by atoms with E-state index >= 15 is 0 Å². The Morgan fingerprint density at radius 3 is 2.32 bits per heavy atom. The van der Waals surface area contributed by atoms with E-state index in [0.29, 0.717) is 0 Å². The number of hydrogen-bond donors (Lipinski definition) is 0. The Hall–Kier alpha value is -3.09. The van der Waals surface area contributed by atoms with Crippen molar-refractivity contribution in [1.82, 2.24) is 0 Å². The highest BCUT2D eigenvalue weighted by molar-refractivity contribution is 8.08. The molecule has 0 bridgehead atoms. The predicted octanol–water partition coefficient (Wildman–Crippen LogP) is 5.89. The van der Waals surface area contributed by atoms with Crippen molar-refractivity contribution in [3.05, 3.63) is 106 Å². The maximum Gasteiger partial charge on any atom is 0.269 e. The smallest absolute Gasteiger partial charge is 0.269 e. The molecule has 3 aromatic rings. The Morgan fingerprint density at radius 2 is 1.64 bits per heavy atom. The molecule has 1 aliphatic rings. The van der Waals surface area contributed by atoms with Crippen LogP contribution in [0, 0.1) is 10.1 Å². The fourth-order valence-corrected chi connectivity index (χ4v) is 4.14. The standard InChI is InChI=1S/C22H17NO4S/c1-26-22-19-10-6-5-9-18(19)21(20(27-22)15-7-3-2-4-8-15)28-17-13-11-16(12-14-17)23(24)25/h2-14,22H,1H3. The van der Waals surface area contributed by atoms with Crippen molar-refractivity contribution in [2.24, 2.45) is 0 Å².